The number of nitro groups is 1. The van der Waals surface area contributed by atoms with E-state index in [-0.39, 0.29) is 11.3 Å². The van der Waals surface area contributed by atoms with Crippen LogP contribution in [0.3, 0.4) is 0 Å². The zero-order valence-electron chi connectivity index (χ0n) is 8.04. The maximum atomic E-state index is 11.1. The molecule has 1 rings (SSSR count). The summed E-state index contributed by atoms with van der Waals surface area (Å²) in [6, 6.07) is 4.67. The van der Waals surface area contributed by atoms with Gasteiger partial charge in [0, 0.05) is 6.07 Å². The van der Waals surface area contributed by atoms with Gasteiger partial charge in [-0.3, -0.25) is 10.1 Å². The molecule has 0 aromatic heterocycles. The number of nitrogens with two attached hydrogens (primary N) is 1. The lowest BCUT2D eigenvalue weighted by atomic mass is 10.1. The van der Waals surface area contributed by atoms with Crippen molar-refractivity contribution < 1.29 is 14.5 Å². The van der Waals surface area contributed by atoms with Crippen LogP contribution in [0.5, 0.6) is 0 Å². The van der Waals surface area contributed by atoms with Crippen LogP contribution in [0, 0.1) is 10.1 Å². The third kappa shape index (κ3) is 2.29. The number of nitrogens with zero attached hydrogens (tertiary/aromatic N) is 1. The average molecular weight is 210 g/mol. The molecule has 0 spiro atoms. The average Bonchev–Trinajstić information content (AvgIpc) is 2.27. The fourth-order valence-electron chi connectivity index (χ4n) is 1.17. The lowest BCUT2D eigenvalue weighted by Crippen LogP contribution is -2.23. The van der Waals surface area contributed by atoms with Crippen molar-refractivity contribution in [3.05, 3.63) is 39.9 Å². The predicted molar refractivity (Wildman–Crippen MR) is 52.0 cm³/mol. The fraction of sp³-hybridized carbons (Fsp3) is 0.222. The minimum absolute atomic E-state index is 0.148. The summed E-state index contributed by atoms with van der Waals surface area (Å²) in [6.45, 7) is 0. The highest BCUT2D eigenvalue weighted by Crippen LogP contribution is 2.23. The number of benzene rings is 1. The van der Waals surface area contributed by atoms with Gasteiger partial charge < -0.3 is 10.5 Å². The molecule has 0 unspecified atom stereocenters. The van der Waals surface area contributed by atoms with Gasteiger partial charge in [-0.1, -0.05) is 12.1 Å². The Balaban J connectivity index is 3.13. The van der Waals surface area contributed by atoms with E-state index in [0.29, 0.717) is 0 Å². The molecular weight excluding hydrogens is 200 g/mol. The number of ether oxygens (including phenoxy) is 1. The fourth-order valence-corrected chi connectivity index (χ4v) is 1.17. The molecule has 0 radical (unpaired) electrons. The molecule has 80 valence electrons. The van der Waals surface area contributed by atoms with Gasteiger partial charge in [-0.25, -0.2) is 4.79 Å². The quantitative estimate of drug-likeness (QED) is 0.451. The van der Waals surface area contributed by atoms with Crippen LogP contribution in [0.4, 0.5) is 5.69 Å². The van der Waals surface area contributed by atoms with Crippen molar-refractivity contribution in [3.8, 4) is 0 Å². The van der Waals surface area contributed by atoms with Gasteiger partial charge in [0.2, 0.25) is 0 Å². The second kappa shape index (κ2) is 4.52. The molecule has 0 aliphatic heterocycles. The van der Waals surface area contributed by atoms with E-state index in [1.807, 2.05) is 0 Å². The molecule has 0 saturated carbocycles. The SMILES string of the molecule is COC(=O)[C@H](N)c1ccccc1[N+](=O)[O-]. The number of hydrogen-bond acceptors (Lipinski definition) is 5. The van der Waals surface area contributed by atoms with Crippen molar-refractivity contribution in [2.24, 2.45) is 5.73 Å². The van der Waals surface area contributed by atoms with Gasteiger partial charge >= 0.3 is 5.97 Å². The lowest BCUT2D eigenvalue weighted by molar-refractivity contribution is -0.385. The molecule has 0 aliphatic rings. The van der Waals surface area contributed by atoms with Gasteiger partial charge in [0.1, 0.15) is 6.04 Å². The number of nitro benzene ring substituents is 1. The van der Waals surface area contributed by atoms with Gasteiger partial charge in [-0.15, -0.1) is 0 Å². The Bertz CT molecular complexity index is 391. The molecular formula is C9H10N2O4. The molecule has 6 nitrogen and oxygen atoms in total. The van der Waals surface area contributed by atoms with Gasteiger partial charge in [-0.2, -0.15) is 0 Å². The molecule has 0 fully saturated rings. The smallest absolute Gasteiger partial charge is 0.327 e. The highest BCUT2D eigenvalue weighted by Gasteiger charge is 2.24. The summed E-state index contributed by atoms with van der Waals surface area (Å²) in [4.78, 5) is 21.2. The molecule has 0 heterocycles. The zero-order chi connectivity index (χ0) is 11.4. The summed E-state index contributed by atoms with van der Waals surface area (Å²) in [5.41, 5.74) is 5.47. The minimum atomic E-state index is -1.13. The largest absolute Gasteiger partial charge is 0.468 e. The number of hydrogen-bond donors (Lipinski definition) is 1. The first kappa shape index (κ1) is 11.1. The molecule has 15 heavy (non-hydrogen) atoms. The first-order chi connectivity index (χ1) is 7.07. The summed E-state index contributed by atoms with van der Waals surface area (Å²) in [5.74, 6) is -0.704. The Morgan fingerprint density at radius 1 is 1.53 bits per heavy atom. The maximum Gasteiger partial charge on any atom is 0.327 e. The van der Waals surface area contributed by atoms with Crippen LogP contribution >= 0.6 is 0 Å². The van der Waals surface area contributed by atoms with Crippen molar-refractivity contribution >= 4 is 11.7 Å². The van der Waals surface area contributed by atoms with Crippen LogP contribution < -0.4 is 5.73 Å². The van der Waals surface area contributed by atoms with E-state index in [1.165, 1.54) is 25.3 Å². The van der Waals surface area contributed by atoms with E-state index >= 15 is 0 Å². The third-order valence-corrected chi connectivity index (χ3v) is 1.92. The highest BCUT2D eigenvalue weighted by molar-refractivity contribution is 5.78. The van der Waals surface area contributed by atoms with Gasteiger partial charge in [-0.05, 0) is 6.07 Å². The van der Waals surface area contributed by atoms with E-state index in [2.05, 4.69) is 4.74 Å². The molecule has 0 aliphatic carbocycles. The van der Waals surface area contributed by atoms with Crippen LogP contribution in [0.1, 0.15) is 11.6 Å². The number of rotatable bonds is 3. The number of methoxy groups -OCH3 is 1. The van der Waals surface area contributed by atoms with Gasteiger partial charge in [0.25, 0.3) is 5.69 Å². The number of para-hydroxylation sites is 1. The summed E-state index contributed by atoms with van der Waals surface area (Å²) >= 11 is 0. The Labute approximate surface area is 85.8 Å². The van der Waals surface area contributed by atoms with Gasteiger partial charge in [0.15, 0.2) is 0 Å². The van der Waals surface area contributed by atoms with Crippen molar-refractivity contribution in [3.63, 3.8) is 0 Å². The molecule has 0 amide bonds. The number of carbonyl (C=O) groups excluding carboxylic acids is 1. The Morgan fingerprint density at radius 3 is 2.67 bits per heavy atom. The summed E-state index contributed by atoms with van der Waals surface area (Å²) < 4.78 is 4.41. The van der Waals surface area contributed by atoms with Crippen LogP contribution in [-0.4, -0.2) is 18.0 Å². The van der Waals surface area contributed by atoms with E-state index in [4.69, 9.17) is 5.73 Å². The van der Waals surface area contributed by atoms with Crippen LogP contribution in [0.15, 0.2) is 24.3 Å². The Morgan fingerprint density at radius 2 is 2.13 bits per heavy atom. The third-order valence-electron chi connectivity index (χ3n) is 1.92. The molecule has 1 aromatic carbocycles. The van der Waals surface area contributed by atoms with Gasteiger partial charge in [0.05, 0.1) is 17.6 Å². The summed E-state index contributed by atoms with van der Waals surface area (Å²) in [6.07, 6.45) is 0. The molecule has 0 saturated heterocycles. The molecule has 0 bridgehead atoms. The van der Waals surface area contributed by atoms with Crippen molar-refractivity contribution in [1.82, 2.24) is 0 Å². The molecule has 2 N–H and O–H groups in total. The molecule has 6 heteroatoms. The monoisotopic (exact) mass is 210 g/mol. The zero-order valence-corrected chi connectivity index (χ0v) is 8.04. The molecule has 1 atom stereocenters. The Kier molecular flexibility index (Phi) is 3.35. The lowest BCUT2D eigenvalue weighted by Gasteiger charge is -2.09. The summed E-state index contributed by atoms with van der Waals surface area (Å²) in [5, 5.41) is 10.6. The normalized spacial score (nSPS) is 11.9. The van der Waals surface area contributed by atoms with E-state index < -0.39 is 16.9 Å². The minimum Gasteiger partial charge on any atom is -0.468 e. The van der Waals surface area contributed by atoms with E-state index in [1.54, 1.807) is 6.07 Å². The van der Waals surface area contributed by atoms with Crippen molar-refractivity contribution in [1.29, 1.82) is 0 Å². The second-order valence-electron chi connectivity index (χ2n) is 2.82. The van der Waals surface area contributed by atoms with E-state index in [9.17, 15) is 14.9 Å². The standard InChI is InChI=1S/C9H10N2O4/c1-15-9(12)8(10)6-4-2-3-5-7(6)11(13)14/h2-5,8H,10H2,1H3/t8-/m1/s1. The van der Waals surface area contributed by atoms with Crippen molar-refractivity contribution in [2.45, 2.75) is 6.04 Å². The Hall–Kier alpha value is -1.95. The van der Waals surface area contributed by atoms with Crippen molar-refractivity contribution in [2.75, 3.05) is 7.11 Å². The predicted octanol–water partition coefficient (Wildman–Crippen LogP) is 0.768. The summed E-state index contributed by atoms with van der Waals surface area (Å²) in [7, 11) is 1.18. The van der Waals surface area contributed by atoms with E-state index in [0.717, 1.165) is 0 Å². The van der Waals surface area contributed by atoms with Crippen LogP contribution in [0.25, 0.3) is 0 Å². The second-order valence-corrected chi connectivity index (χ2v) is 2.82. The highest BCUT2D eigenvalue weighted by atomic mass is 16.6. The molecule has 1 aromatic rings. The topological polar surface area (TPSA) is 95.5 Å². The maximum absolute atomic E-state index is 11.1. The number of carbonyl (C=O) groups is 1. The number of esters is 1. The van der Waals surface area contributed by atoms with Crippen LogP contribution in [0.2, 0.25) is 0 Å². The van der Waals surface area contributed by atoms with Crippen LogP contribution in [-0.2, 0) is 9.53 Å². The first-order valence-electron chi connectivity index (χ1n) is 4.14. The first-order valence-corrected chi connectivity index (χ1v) is 4.14.